The van der Waals surface area contributed by atoms with Crippen LogP contribution in [0.25, 0.3) is 0 Å². The van der Waals surface area contributed by atoms with Crippen molar-refractivity contribution in [2.45, 2.75) is 65.0 Å². The second-order valence-electron chi connectivity index (χ2n) is 4.91. The maximum absolute atomic E-state index is 3.58. The first-order chi connectivity index (χ1) is 7.79. The van der Waals surface area contributed by atoms with Gasteiger partial charge in [-0.25, -0.2) is 0 Å². The van der Waals surface area contributed by atoms with Gasteiger partial charge in [0.25, 0.3) is 0 Å². The topological polar surface area (TPSA) is 12.0 Å². The quantitative estimate of drug-likeness (QED) is 0.783. The van der Waals surface area contributed by atoms with E-state index in [1.54, 1.807) is 10.4 Å². The lowest BCUT2D eigenvalue weighted by Crippen LogP contribution is -2.23. The lowest BCUT2D eigenvalue weighted by molar-refractivity contribution is 0.537. The minimum Gasteiger partial charge on any atom is -0.309 e. The molecule has 2 heteroatoms. The summed E-state index contributed by atoms with van der Waals surface area (Å²) >= 11 is 2.04. The molecule has 0 saturated carbocycles. The second kappa shape index (κ2) is 5.83. The van der Waals surface area contributed by atoms with Gasteiger partial charge in [-0.2, -0.15) is 0 Å². The first-order valence-corrected chi connectivity index (χ1v) is 7.45. The summed E-state index contributed by atoms with van der Waals surface area (Å²) in [6, 6.07) is 3.09. The van der Waals surface area contributed by atoms with Gasteiger partial charge in [0.2, 0.25) is 0 Å². The normalized spacial score (nSPS) is 17.9. The van der Waals surface area contributed by atoms with Crippen LogP contribution >= 0.6 is 11.3 Å². The molecule has 1 aromatic heterocycles. The SMILES string of the molecule is CCC(C)NCc1cc2c(s1)CCCCC2. The Kier molecular flexibility index (Phi) is 4.42. The standard InChI is InChI=1S/C14H23NS/c1-3-11(2)15-10-13-9-12-7-5-4-6-8-14(12)16-13/h9,11,15H,3-8,10H2,1-2H3. The number of hydrogen-bond acceptors (Lipinski definition) is 2. The van der Waals surface area contributed by atoms with Crippen molar-refractivity contribution < 1.29 is 0 Å². The summed E-state index contributed by atoms with van der Waals surface area (Å²) in [6.45, 7) is 5.56. The molecule has 1 unspecified atom stereocenters. The van der Waals surface area contributed by atoms with Gasteiger partial charge in [0.05, 0.1) is 0 Å². The molecule has 1 N–H and O–H groups in total. The third-order valence-electron chi connectivity index (χ3n) is 3.53. The monoisotopic (exact) mass is 237 g/mol. The fourth-order valence-electron chi connectivity index (χ4n) is 2.24. The van der Waals surface area contributed by atoms with E-state index >= 15 is 0 Å². The number of thiophene rings is 1. The maximum Gasteiger partial charge on any atom is 0.0302 e. The fraction of sp³-hybridized carbons (Fsp3) is 0.714. The fourth-order valence-corrected chi connectivity index (χ4v) is 3.45. The average Bonchev–Trinajstić information content (AvgIpc) is 2.56. The molecule has 0 aliphatic heterocycles. The number of rotatable bonds is 4. The minimum atomic E-state index is 0.641. The number of nitrogens with one attached hydrogen (secondary N) is 1. The first kappa shape index (κ1) is 12.1. The van der Waals surface area contributed by atoms with Crippen LogP contribution in [0.2, 0.25) is 0 Å². The van der Waals surface area contributed by atoms with Crippen LogP contribution in [0.1, 0.15) is 54.8 Å². The van der Waals surface area contributed by atoms with Gasteiger partial charge in [-0.1, -0.05) is 13.3 Å². The van der Waals surface area contributed by atoms with Gasteiger partial charge in [-0.15, -0.1) is 11.3 Å². The molecular formula is C14H23NS. The van der Waals surface area contributed by atoms with E-state index in [4.69, 9.17) is 0 Å². The molecule has 1 nitrogen and oxygen atoms in total. The van der Waals surface area contributed by atoms with Gasteiger partial charge in [-0.05, 0) is 50.7 Å². The molecule has 0 amide bonds. The highest BCUT2D eigenvalue weighted by Gasteiger charge is 2.12. The van der Waals surface area contributed by atoms with E-state index in [0.717, 1.165) is 6.54 Å². The highest BCUT2D eigenvalue weighted by Crippen LogP contribution is 2.28. The average molecular weight is 237 g/mol. The Morgan fingerprint density at radius 2 is 2.12 bits per heavy atom. The van der Waals surface area contributed by atoms with Gasteiger partial charge in [0.15, 0.2) is 0 Å². The molecule has 16 heavy (non-hydrogen) atoms. The van der Waals surface area contributed by atoms with E-state index in [1.165, 1.54) is 43.4 Å². The molecule has 1 atom stereocenters. The Morgan fingerprint density at radius 1 is 1.31 bits per heavy atom. The van der Waals surface area contributed by atoms with Crippen LogP contribution < -0.4 is 5.32 Å². The summed E-state index contributed by atoms with van der Waals surface area (Å²) in [6.07, 6.45) is 8.05. The molecule has 0 saturated heterocycles. The molecule has 1 heterocycles. The third kappa shape index (κ3) is 3.08. The Bertz CT molecular complexity index is 306. The highest BCUT2D eigenvalue weighted by molar-refractivity contribution is 7.12. The molecule has 1 aromatic rings. The molecule has 2 rings (SSSR count). The Labute approximate surface area is 103 Å². The van der Waals surface area contributed by atoms with Gasteiger partial charge < -0.3 is 5.32 Å². The van der Waals surface area contributed by atoms with Gasteiger partial charge in [-0.3, -0.25) is 0 Å². The third-order valence-corrected chi connectivity index (χ3v) is 4.77. The van der Waals surface area contributed by atoms with Gasteiger partial charge >= 0.3 is 0 Å². The molecule has 0 radical (unpaired) electrons. The summed E-state index contributed by atoms with van der Waals surface area (Å²) in [5.74, 6) is 0. The Balaban J connectivity index is 1.96. The van der Waals surface area contributed by atoms with E-state index < -0.39 is 0 Å². The minimum absolute atomic E-state index is 0.641. The summed E-state index contributed by atoms with van der Waals surface area (Å²) < 4.78 is 0. The lowest BCUT2D eigenvalue weighted by Gasteiger charge is -2.09. The molecule has 1 aliphatic rings. The van der Waals surface area contributed by atoms with Crippen molar-refractivity contribution >= 4 is 11.3 Å². The van der Waals surface area contributed by atoms with Gasteiger partial charge in [0, 0.05) is 22.3 Å². The molecule has 0 fully saturated rings. The Hall–Kier alpha value is -0.340. The van der Waals surface area contributed by atoms with Crippen molar-refractivity contribution in [3.05, 3.63) is 21.4 Å². The zero-order valence-electron chi connectivity index (χ0n) is 10.5. The summed E-state index contributed by atoms with van der Waals surface area (Å²) in [5.41, 5.74) is 1.64. The van der Waals surface area contributed by atoms with Crippen molar-refractivity contribution in [3.8, 4) is 0 Å². The van der Waals surface area contributed by atoms with Crippen molar-refractivity contribution in [2.75, 3.05) is 0 Å². The first-order valence-electron chi connectivity index (χ1n) is 6.63. The molecule has 90 valence electrons. The summed E-state index contributed by atoms with van der Waals surface area (Å²) in [7, 11) is 0. The summed E-state index contributed by atoms with van der Waals surface area (Å²) in [5, 5.41) is 3.58. The van der Waals surface area contributed by atoms with E-state index in [-0.39, 0.29) is 0 Å². The Morgan fingerprint density at radius 3 is 2.94 bits per heavy atom. The van der Waals surface area contributed by atoms with E-state index in [9.17, 15) is 0 Å². The van der Waals surface area contributed by atoms with Crippen LogP contribution in [0.4, 0.5) is 0 Å². The molecular weight excluding hydrogens is 214 g/mol. The van der Waals surface area contributed by atoms with Crippen LogP contribution in [0, 0.1) is 0 Å². The van der Waals surface area contributed by atoms with Crippen LogP contribution in [0.3, 0.4) is 0 Å². The number of hydrogen-bond donors (Lipinski definition) is 1. The van der Waals surface area contributed by atoms with Gasteiger partial charge in [0.1, 0.15) is 0 Å². The van der Waals surface area contributed by atoms with E-state index in [0.29, 0.717) is 6.04 Å². The molecule has 0 aromatic carbocycles. The zero-order chi connectivity index (χ0) is 11.4. The highest BCUT2D eigenvalue weighted by atomic mass is 32.1. The van der Waals surface area contributed by atoms with Crippen LogP contribution in [0.15, 0.2) is 6.07 Å². The molecule has 0 spiro atoms. The second-order valence-corrected chi connectivity index (χ2v) is 6.13. The van der Waals surface area contributed by atoms with Crippen LogP contribution in [-0.2, 0) is 19.4 Å². The van der Waals surface area contributed by atoms with Crippen molar-refractivity contribution in [1.29, 1.82) is 0 Å². The maximum atomic E-state index is 3.58. The smallest absolute Gasteiger partial charge is 0.0302 e. The predicted molar refractivity (Wildman–Crippen MR) is 72.2 cm³/mol. The van der Waals surface area contributed by atoms with E-state index in [2.05, 4.69) is 25.2 Å². The number of aryl methyl sites for hydroxylation is 2. The van der Waals surface area contributed by atoms with Crippen molar-refractivity contribution in [2.24, 2.45) is 0 Å². The van der Waals surface area contributed by atoms with Crippen molar-refractivity contribution in [3.63, 3.8) is 0 Å². The largest absolute Gasteiger partial charge is 0.309 e. The predicted octanol–water partition coefficient (Wildman–Crippen LogP) is 3.91. The number of fused-ring (bicyclic) bond motifs is 1. The molecule has 0 bridgehead atoms. The van der Waals surface area contributed by atoms with Crippen molar-refractivity contribution in [1.82, 2.24) is 5.32 Å². The molecule has 1 aliphatic carbocycles. The summed E-state index contributed by atoms with van der Waals surface area (Å²) in [4.78, 5) is 3.20. The van der Waals surface area contributed by atoms with Crippen LogP contribution in [0.5, 0.6) is 0 Å². The van der Waals surface area contributed by atoms with E-state index in [1.807, 2.05) is 11.3 Å². The van der Waals surface area contributed by atoms with Crippen LogP contribution in [-0.4, -0.2) is 6.04 Å². The zero-order valence-corrected chi connectivity index (χ0v) is 11.3. The lowest BCUT2D eigenvalue weighted by atomic mass is 10.1.